The molecule has 0 radical (unpaired) electrons. The van der Waals surface area contributed by atoms with Gasteiger partial charge in [0.25, 0.3) is 5.56 Å². The van der Waals surface area contributed by atoms with Crippen LogP contribution in [0.2, 0.25) is 0 Å². The molecule has 0 saturated carbocycles. The summed E-state index contributed by atoms with van der Waals surface area (Å²) in [5.41, 5.74) is 2.19. The molecule has 0 aliphatic carbocycles. The van der Waals surface area contributed by atoms with Gasteiger partial charge in [0.05, 0.1) is 36.6 Å². The number of ether oxygens (including phenoxy) is 2. The van der Waals surface area contributed by atoms with Crippen molar-refractivity contribution >= 4 is 34.3 Å². The summed E-state index contributed by atoms with van der Waals surface area (Å²) in [6.45, 7) is 0.518. The molecule has 3 aromatic carbocycles. The van der Waals surface area contributed by atoms with Crippen molar-refractivity contribution in [3.63, 3.8) is 0 Å². The molecule has 0 aliphatic heterocycles. The summed E-state index contributed by atoms with van der Waals surface area (Å²) in [5, 5.41) is 12.6. The molecule has 0 unspecified atom stereocenters. The SMILES string of the molecule is COc1ccc(CCNC(=O)CSc2nnc3n(-c4cccc(OC)c4)c(=O)c4ccccc4n23)cc1. The Balaban J connectivity index is 1.38. The quantitative estimate of drug-likeness (QED) is 0.300. The van der Waals surface area contributed by atoms with Gasteiger partial charge in [0.1, 0.15) is 11.5 Å². The first-order valence-electron chi connectivity index (χ1n) is 11.6. The van der Waals surface area contributed by atoms with Crippen molar-refractivity contribution in [2.24, 2.45) is 0 Å². The van der Waals surface area contributed by atoms with Gasteiger partial charge in [-0.25, -0.2) is 4.57 Å². The van der Waals surface area contributed by atoms with Gasteiger partial charge in [-0.15, -0.1) is 10.2 Å². The number of nitrogens with one attached hydrogen (secondary N) is 1. The lowest BCUT2D eigenvalue weighted by Crippen LogP contribution is -2.27. The topological polar surface area (TPSA) is 99.8 Å². The molecule has 37 heavy (non-hydrogen) atoms. The number of para-hydroxylation sites is 1. The highest BCUT2D eigenvalue weighted by molar-refractivity contribution is 7.99. The number of fused-ring (bicyclic) bond motifs is 3. The van der Waals surface area contributed by atoms with E-state index in [1.165, 1.54) is 16.3 Å². The second-order valence-corrected chi connectivity index (χ2v) is 9.16. The van der Waals surface area contributed by atoms with Gasteiger partial charge in [-0.1, -0.05) is 42.1 Å². The highest BCUT2D eigenvalue weighted by Gasteiger charge is 2.19. The normalized spacial score (nSPS) is 11.1. The fourth-order valence-electron chi connectivity index (χ4n) is 4.07. The van der Waals surface area contributed by atoms with Crippen LogP contribution >= 0.6 is 11.8 Å². The van der Waals surface area contributed by atoms with Crippen LogP contribution in [0.5, 0.6) is 11.5 Å². The molecule has 0 spiro atoms. The first-order chi connectivity index (χ1) is 18.1. The summed E-state index contributed by atoms with van der Waals surface area (Å²) in [6.07, 6.45) is 0.714. The molecule has 5 aromatic rings. The molecule has 9 nitrogen and oxygen atoms in total. The van der Waals surface area contributed by atoms with E-state index in [1.54, 1.807) is 26.4 Å². The van der Waals surface area contributed by atoms with E-state index >= 15 is 0 Å². The first-order valence-corrected chi connectivity index (χ1v) is 12.6. The second-order valence-electron chi connectivity index (χ2n) is 8.21. The van der Waals surface area contributed by atoms with Crippen LogP contribution in [0.15, 0.2) is 82.7 Å². The maximum absolute atomic E-state index is 13.5. The van der Waals surface area contributed by atoms with Crippen LogP contribution in [-0.4, -0.2) is 51.6 Å². The molecule has 1 N–H and O–H groups in total. The van der Waals surface area contributed by atoms with E-state index in [0.29, 0.717) is 46.2 Å². The van der Waals surface area contributed by atoms with E-state index in [-0.39, 0.29) is 17.2 Å². The van der Waals surface area contributed by atoms with Crippen molar-refractivity contribution in [3.8, 4) is 17.2 Å². The third-order valence-corrected chi connectivity index (χ3v) is 6.86. The van der Waals surface area contributed by atoms with Crippen molar-refractivity contribution in [1.82, 2.24) is 24.5 Å². The largest absolute Gasteiger partial charge is 0.497 e. The Labute approximate surface area is 217 Å². The summed E-state index contributed by atoms with van der Waals surface area (Å²) in [4.78, 5) is 26.0. The Morgan fingerprint density at radius 3 is 2.51 bits per heavy atom. The lowest BCUT2D eigenvalue weighted by atomic mass is 10.1. The Morgan fingerprint density at radius 2 is 1.73 bits per heavy atom. The maximum atomic E-state index is 13.5. The van der Waals surface area contributed by atoms with Crippen LogP contribution in [0.1, 0.15) is 5.56 Å². The van der Waals surface area contributed by atoms with Crippen LogP contribution in [0, 0.1) is 0 Å². The standard InChI is InChI=1S/C27H25N5O4S/c1-35-20-12-10-18(11-13-20)14-15-28-24(33)17-37-27-30-29-26-31(19-6-5-7-21(16-19)36-2)25(34)22-8-3-4-9-23(22)32(26)27/h3-13,16H,14-15,17H2,1-2H3,(H,28,33). The number of aromatic nitrogens is 4. The zero-order valence-corrected chi connectivity index (χ0v) is 21.2. The number of nitrogens with zero attached hydrogens (tertiary/aromatic N) is 4. The first kappa shape index (κ1) is 24.4. The van der Waals surface area contributed by atoms with E-state index in [0.717, 1.165) is 11.3 Å². The fraction of sp³-hybridized carbons (Fsp3) is 0.185. The van der Waals surface area contributed by atoms with E-state index in [1.807, 2.05) is 65.1 Å². The number of carbonyl (C=O) groups excluding carboxylic acids is 1. The summed E-state index contributed by atoms with van der Waals surface area (Å²) in [7, 11) is 3.21. The molecule has 5 rings (SSSR count). The number of rotatable bonds is 9. The molecule has 188 valence electrons. The average molecular weight is 516 g/mol. The Morgan fingerprint density at radius 1 is 0.946 bits per heavy atom. The van der Waals surface area contributed by atoms with Crippen molar-refractivity contribution in [2.75, 3.05) is 26.5 Å². The van der Waals surface area contributed by atoms with E-state index < -0.39 is 0 Å². The molecule has 0 aliphatic rings. The summed E-state index contributed by atoms with van der Waals surface area (Å²) < 4.78 is 13.8. The third kappa shape index (κ3) is 5.01. The number of hydrogen-bond donors (Lipinski definition) is 1. The molecule has 1 amide bonds. The Hall–Kier alpha value is -4.31. The van der Waals surface area contributed by atoms with E-state index in [2.05, 4.69) is 15.5 Å². The Bertz CT molecular complexity index is 1630. The fourth-order valence-corrected chi connectivity index (χ4v) is 4.84. The number of benzene rings is 3. The minimum Gasteiger partial charge on any atom is -0.497 e. The number of methoxy groups -OCH3 is 2. The Kier molecular flexibility index (Phi) is 7.09. The molecule has 2 heterocycles. The summed E-state index contributed by atoms with van der Waals surface area (Å²) >= 11 is 1.27. The smallest absolute Gasteiger partial charge is 0.267 e. The van der Waals surface area contributed by atoms with Gasteiger partial charge in [-0.3, -0.25) is 14.0 Å². The summed E-state index contributed by atoms with van der Waals surface area (Å²) in [5.74, 6) is 1.83. The molecular formula is C27H25N5O4S. The number of thioether (sulfide) groups is 1. The zero-order chi connectivity index (χ0) is 25.8. The minimum absolute atomic E-state index is 0.110. The predicted octanol–water partition coefficient (Wildman–Crippen LogP) is 3.50. The maximum Gasteiger partial charge on any atom is 0.267 e. The van der Waals surface area contributed by atoms with Gasteiger partial charge in [-0.05, 0) is 48.4 Å². The average Bonchev–Trinajstić information content (AvgIpc) is 3.36. The van der Waals surface area contributed by atoms with Gasteiger partial charge in [0.15, 0.2) is 5.16 Å². The van der Waals surface area contributed by atoms with Crippen LogP contribution < -0.4 is 20.3 Å². The summed E-state index contributed by atoms with van der Waals surface area (Å²) in [6, 6.07) is 22.3. The van der Waals surface area contributed by atoms with Crippen LogP contribution in [-0.2, 0) is 11.2 Å². The van der Waals surface area contributed by atoms with Gasteiger partial charge < -0.3 is 14.8 Å². The monoisotopic (exact) mass is 515 g/mol. The molecule has 0 bridgehead atoms. The second kappa shape index (κ2) is 10.8. The highest BCUT2D eigenvalue weighted by atomic mass is 32.2. The number of carbonyl (C=O) groups is 1. The van der Waals surface area contributed by atoms with Crippen molar-refractivity contribution in [3.05, 3.63) is 88.7 Å². The highest BCUT2D eigenvalue weighted by Crippen LogP contribution is 2.24. The van der Waals surface area contributed by atoms with Crippen LogP contribution in [0.4, 0.5) is 0 Å². The van der Waals surface area contributed by atoms with Gasteiger partial charge >= 0.3 is 0 Å². The zero-order valence-electron chi connectivity index (χ0n) is 20.4. The van der Waals surface area contributed by atoms with Crippen LogP contribution in [0.25, 0.3) is 22.4 Å². The molecule has 0 saturated heterocycles. The van der Waals surface area contributed by atoms with Gasteiger partial charge in [0.2, 0.25) is 11.7 Å². The van der Waals surface area contributed by atoms with E-state index in [4.69, 9.17) is 9.47 Å². The number of amides is 1. The number of hydrogen-bond acceptors (Lipinski definition) is 7. The van der Waals surface area contributed by atoms with Crippen molar-refractivity contribution < 1.29 is 14.3 Å². The molecule has 2 aromatic heterocycles. The van der Waals surface area contributed by atoms with Gasteiger partial charge in [-0.2, -0.15) is 0 Å². The lowest BCUT2D eigenvalue weighted by molar-refractivity contribution is -0.118. The molecule has 10 heteroatoms. The minimum atomic E-state index is -0.212. The molecule has 0 atom stereocenters. The van der Waals surface area contributed by atoms with Crippen LogP contribution in [0.3, 0.4) is 0 Å². The van der Waals surface area contributed by atoms with Crippen molar-refractivity contribution in [1.29, 1.82) is 0 Å². The lowest BCUT2D eigenvalue weighted by Gasteiger charge is -2.12. The predicted molar refractivity (Wildman–Crippen MR) is 143 cm³/mol. The van der Waals surface area contributed by atoms with E-state index in [9.17, 15) is 9.59 Å². The van der Waals surface area contributed by atoms with Gasteiger partial charge in [0, 0.05) is 12.6 Å². The molecular weight excluding hydrogens is 490 g/mol. The third-order valence-electron chi connectivity index (χ3n) is 5.93. The van der Waals surface area contributed by atoms with Crippen molar-refractivity contribution in [2.45, 2.75) is 11.6 Å². The molecule has 0 fully saturated rings.